The number of nitrogens with zero attached hydrogens (tertiary/aromatic N) is 2. The van der Waals surface area contributed by atoms with Crippen molar-refractivity contribution in [3.8, 4) is 5.75 Å². The van der Waals surface area contributed by atoms with E-state index in [4.69, 9.17) is 0 Å². The minimum atomic E-state index is -4.77. The first-order valence-electron chi connectivity index (χ1n) is 7.70. The molecule has 0 aromatic heterocycles. The Morgan fingerprint density at radius 2 is 1.74 bits per heavy atom. The molecule has 0 fully saturated rings. The smallest absolute Gasteiger partial charge is 0.406 e. The van der Waals surface area contributed by atoms with Crippen LogP contribution in [0, 0.1) is 10.1 Å². The molecule has 0 atom stereocenters. The Morgan fingerprint density at radius 3 is 2.26 bits per heavy atom. The van der Waals surface area contributed by atoms with Crippen molar-refractivity contribution in [2.75, 3.05) is 18.9 Å². The number of non-ortho nitro benzene ring substituents is 1. The number of nitrogens with one attached hydrogen (secondary N) is 1. The molecule has 27 heavy (non-hydrogen) atoms. The van der Waals surface area contributed by atoms with Crippen LogP contribution in [0.15, 0.2) is 48.5 Å². The summed E-state index contributed by atoms with van der Waals surface area (Å²) in [6.45, 7) is 0.418. The molecular weight excluding hydrogens is 367 g/mol. The van der Waals surface area contributed by atoms with E-state index in [0.29, 0.717) is 12.2 Å². The highest BCUT2D eigenvalue weighted by Gasteiger charge is 2.30. The van der Waals surface area contributed by atoms with Crippen molar-refractivity contribution in [3.05, 3.63) is 64.2 Å². The number of nitro benzene ring substituents is 1. The van der Waals surface area contributed by atoms with E-state index in [1.54, 1.807) is 24.1 Å². The van der Waals surface area contributed by atoms with Crippen LogP contribution in [0.2, 0.25) is 0 Å². The lowest BCUT2D eigenvalue weighted by molar-refractivity contribution is -0.384. The molecule has 0 aliphatic heterocycles. The molecule has 10 heteroatoms. The number of amides is 1. The quantitative estimate of drug-likeness (QED) is 0.584. The maximum absolute atomic E-state index is 12.1. The molecule has 0 aliphatic carbocycles. The fraction of sp³-hybridized carbons (Fsp3) is 0.235. The highest BCUT2D eigenvalue weighted by atomic mass is 19.4. The minimum absolute atomic E-state index is 0.0166. The number of anilines is 1. The summed E-state index contributed by atoms with van der Waals surface area (Å²) in [6, 6.07) is 10.8. The Hall–Kier alpha value is -3.14. The van der Waals surface area contributed by atoms with Crippen LogP contribution in [0.4, 0.5) is 24.5 Å². The van der Waals surface area contributed by atoms with Crippen molar-refractivity contribution >= 4 is 17.3 Å². The van der Waals surface area contributed by atoms with Gasteiger partial charge in [0.2, 0.25) is 5.91 Å². The molecule has 144 valence electrons. The predicted molar refractivity (Wildman–Crippen MR) is 91.2 cm³/mol. The average Bonchev–Trinajstić information content (AvgIpc) is 2.55. The predicted octanol–water partition coefficient (Wildman–Crippen LogP) is 3.56. The molecule has 1 N–H and O–H groups in total. The van der Waals surface area contributed by atoms with E-state index in [9.17, 15) is 28.1 Å². The Kier molecular flexibility index (Phi) is 6.35. The third-order valence-corrected chi connectivity index (χ3v) is 3.38. The normalized spacial score (nSPS) is 11.3. The minimum Gasteiger partial charge on any atom is -0.406 e. The van der Waals surface area contributed by atoms with Gasteiger partial charge in [-0.25, -0.2) is 0 Å². The van der Waals surface area contributed by atoms with Gasteiger partial charge in [0, 0.05) is 24.4 Å². The van der Waals surface area contributed by atoms with Crippen LogP contribution < -0.4 is 10.1 Å². The molecule has 0 unspecified atom stereocenters. The monoisotopic (exact) mass is 383 g/mol. The number of benzene rings is 2. The molecule has 0 radical (unpaired) electrons. The summed E-state index contributed by atoms with van der Waals surface area (Å²) in [5.74, 6) is -0.736. The van der Waals surface area contributed by atoms with Gasteiger partial charge in [-0.2, -0.15) is 0 Å². The second-order valence-corrected chi connectivity index (χ2v) is 5.72. The average molecular weight is 383 g/mol. The zero-order chi connectivity index (χ0) is 20.0. The SMILES string of the molecule is CN(CC(=O)Nc1ccc(OC(F)(F)F)cc1)Cc1ccc([N+](=O)[O-])cc1. The summed E-state index contributed by atoms with van der Waals surface area (Å²) in [5, 5.41) is 13.2. The van der Waals surface area contributed by atoms with Crippen molar-refractivity contribution in [3.63, 3.8) is 0 Å². The van der Waals surface area contributed by atoms with Gasteiger partial charge < -0.3 is 10.1 Å². The number of ether oxygens (including phenoxy) is 1. The van der Waals surface area contributed by atoms with Crippen LogP contribution in [0.5, 0.6) is 5.75 Å². The third-order valence-electron chi connectivity index (χ3n) is 3.38. The molecule has 2 aromatic rings. The summed E-state index contributed by atoms with van der Waals surface area (Å²) in [6.07, 6.45) is -4.77. The Bertz CT molecular complexity index is 793. The highest BCUT2D eigenvalue weighted by molar-refractivity contribution is 5.92. The first-order valence-corrected chi connectivity index (χ1v) is 7.70. The number of alkyl halides is 3. The van der Waals surface area contributed by atoms with Crippen LogP contribution in [0.1, 0.15) is 5.56 Å². The van der Waals surface area contributed by atoms with Crippen LogP contribution in [0.3, 0.4) is 0 Å². The Labute approximate surface area is 152 Å². The van der Waals surface area contributed by atoms with Gasteiger partial charge in [-0.05, 0) is 36.9 Å². The summed E-state index contributed by atoms with van der Waals surface area (Å²) in [4.78, 5) is 23.8. The van der Waals surface area contributed by atoms with Gasteiger partial charge in [-0.1, -0.05) is 12.1 Å². The van der Waals surface area contributed by atoms with E-state index >= 15 is 0 Å². The number of halogens is 3. The molecular formula is C17H16F3N3O4. The van der Waals surface area contributed by atoms with Crippen molar-refractivity contribution in [1.82, 2.24) is 4.90 Å². The van der Waals surface area contributed by atoms with Crippen LogP contribution >= 0.6 is 0 Å². The van der Waals surface area contributed by atoms with Crippen LogP contribution in [-0.2, 0) is 11.3 Å². The van der Waals surface area contributed by atoms with Gasteiger partial charge in [-0.15, -0.1) is 13.2 Å². The van der Waals surface area contributed by atoms with Crippen molar-refractivity contribution in [2.24, 2.45) is 0 Å². The van der Waals surface area contributed by atoms with E-state index in [2.05, 4.69) is 10.1 Å². The van der Waals surface area contributed by atoms with E-state index < -0.39 is 11.3 Å². The van der Waals surface area contributed by atoms with E-state index in [-0.39, 0.29) is 23.9 Å². The molecule has 2 aromatic carbocycles. The second-order valence-electron chi connectivity index (χ2n) is 5.72. The largest absolute Gasteiger partial charge is 0.573 e. The lowest BCUT2D eigenvalue weighted by atomic mass is 10.2. The summed E-state index contributed by atoms with van der Waals surface area (Å²) in [7, 11) is 1.70. The molecule has 0 heterocycles. The first kappa shape index (κ1) is 20.2. The zero-order valence-corrected chi connectivity index (χ0v) is 14.2. The standard InChI is InChI=1S/C17H16F3N3O4/c1-22(10-12-2-6-14(7-3-12)23(25)26)11-16(24)21-13-4-8-15(9-5-13)27-17(18,19)20/h2-9H,10-11H2,1H3,(H,21,24). The van der Waals surface area contributed by atoms with Gasteiger partial charge in [-0.3, -0.25) is 19.8 Å². The molecule has 0 spiro atoms. The summed E-state index contributed by atoms with van der Waals surface area (Å²) < 4.78 is 40.1. The molecule has 0 aliphatic rings. The summed E-state index contributed by atoms with van der Waals surface area (Å²) in [5.41, 5.74) is 1.11. The van der Waals surface area contributed by atoms with E-state index in [1.807, 2.05) is 0 Å². The number of likely N-dealkylation sites (N-methyl/N-ethyl adjacent to an activating group) is 1. The number of hydrogen-bond acceptors (Lipinski definition) is 5. The fourth-order valence-corrected chi connectivity index (χ4v) is 2.28. The second kappa shape index (κ2) is 8.49. The topological polar surface area (TPSA) is 84.7 Å². The molecule has 2 rings (SSSR count). The van der Waals surface area contributed by atoms with Crippen LogP contribution in [-0.4, -0.2) is 35.7 Å². The van der Waals surface area contributed by atoms with E-state index in [0.717, 1.165) is 17.7 Å². The highest BCUT2D eigenvalue weighted by Crippen LogP contribution is 2.24. The van der Waals surface area contributed by atoms with Gasteiger partial charge in [0.25, 0.3) is 5.69 Å². The first-order chi connectivity index (χ1) is 12.6. The zero-order valence-electron chi connectivity index (χ0n) is 14.2. The van der Waals surface area contributed by atoms with Gasteiger partial charge in [0.1, 0.15) is 5.75 Å². The van der Waals surface area contributed by atoms with Crippen molar-refractivity contribution in [2.45, 2.75) is 12.9 Å². The molecule has 1 amide bonds. The van der Waals surface area contributed by atoms with Crippen molar-refractivity contribution in [1.29, 1.82) is 0 Å². The number of hydrogen-bond donors (Lipinski definition) is 1. The number of nitro groups is 1. The molecule has 0 bridgehead atoms. The maximum atomic E-state index is 12.1. The fourth-order valence-electron chi connectivity index (χ4n) is 2.28. The third kappa shape index (κ3) is 6.94. The van der Waals surface area contributed by atoms with Crippen LogP contribution in [0.25, 0.3) is 0 Å². The lowest BCUT2D eigenvalue weighted by Crippen LogP contribution is -2.29. The Morgan fingerprint density at radius 1 is 1.15 bits per heavy atom. The molecule has 0 saturated heterocycles. The van der Waals surface area contributed by atoms with E-state index in [1.165, 1.54) is 24.3 Å². The molecule has 7 nitrogen and oxygen atoms in total. The number of rotatable bonds is 7. The van der Waals surface area contributed by atoms with Gasteiger partial charge in [0.05, 0.1) is 11.5 Å². The lowest BCUT2D eigenvalue weighted by Gasteiger charge is -2.16. The number of carbonyl (C=O) groups excluding carboxylic acids is 1. The molecule has 0 saturated carbocycles. The van der Waals surface area contributed by atoms with Gasteiger partial charge >= 0.3 is 6.36 Å². The van der Waals surface area contributed by atoms with Gasteiger partial charge in [0.15, 0.2) is 0 Å². The summed E-state index contributed by atoms with van der Waals surface area (Å²) >= 11 is 0. The van der Waals surface area contributed by atoms with Crippen molar-refractivity contribution < 1.29 is 27.6 Å². The maximum Gasteiger partial charge on any atom is 0.573 e. The number of carbonyl (C=O) groups is 1. The Balaban J connectivity index is 1.84.